The molecule has 1 unspecified atom stereocenters. The molecule has 1 aromatic carbocycles. The first kappa shape index (κ1) is 30.3. The smallest absolute Gasteiger partial charge is 0.258 e. The Morgan fingerprint density at radius 2 is 1.69 bits per heavy atom. The van der Waals surface area contributed by atoms with E-state index in [0.29, 0.717) is 32.2 Å². The summed E-state index contributed by atoms with van der Waals surface area (Å²) in [5.74, 6) is -1.24. The second-order valence-corrected chi connectivity index (χ2v) is 12.0. The molecule has 4 amide bonds. The number of nitrogens with one attached hydrogen (secondary N) is 4. The standard InChI is InChI=1S/C30H45N5O4/c1-19(2)26-28(38)32-21(4)29(39)35-17-9-13-24(34-35)27(37)31-20(3)23-12-7-10-22(18-23)11-8-15-30(5,6)16-14-25(36)33-26/h7-8,10-12,18-21,24,26,34H,9,13-17H2,1-6H3,(H,31,37)(H,32,38)(H,33,36)/b11-8+/t20-,21+,24+,26?/m1/s1. The largest absolute Gasteiger partial charge is 0.348 e. The maximum absolute atomic E-state index is 13.2. The summed E-state index contributed by atoms with van der Waals surface area (Å²) >= 11 is 0. The molecule has 4 bridgehead atoms. The third-order valence-electron chi connectivity index (χ3n) is 7.54. The van der Waals surface area contributed by atoms with E-state index in [0.717, 1.165) is 17.5 Å². The number of benzene rings is 1. The molecule has 1 fully saturated rings. The van der Waals surface area contributed by atoms with E-state index in [2.05, 4.69) is 53.4 Å². The lowest BCUT2D eigenvalue weighted by Crippen LogP contribution is -2.62. The molecule has 1 aromatic rings. The van der Waals surface area contributed by atoms with E-state index in [4.69, 9.17) is 0 Å². The lowest BCUT2D eigenvalue weighted by atomic mass is 9.84. The van der Waals surface area contributed by atoms with Crippen molar-refractivity contribution >= 4 is 29.7 Å². The van der Waals surface area contributed by atoms with E-state index in [1.54, 1.807) is 6.92 Å². The molecule has 0 radical (unpaired) electrons. The molecule has 4 N–H and O–H groups in total. The number of carbonyl (C=O) groups excluding carboxylic acids is 4. The summed E-state index contributed by atoms with van der Waals surface area (Å²) in [7, 11) is 0. The van der Waals surface area contributed by atoms with Crippen LogP contribution in [0.3, 0.4) is 0 Å². The normalized spacial score (nSPS) is 28.4. The molecule has 2 aliphatic rings. The molecule has 2 heterocycles. The Balaban J connectivity index is 1.85. The summed E-state index contributed by atoms with van der Waals surface area (Å²) in [6.07, 6.45) is 7.20. The first-order valence-corrected chi connectivity index (χ1v) is 14.1. The van der Waals surface area contributed by atoms with Crippen molar-refractivity contribution in [3.63, 3.8) is 0 Å². The second-order valence-electron chi connectivity index (χ2n) is 12.0. The van der Waals surface area contributed by atoms with Crippen LogP contribution in [0.4, 0.5) is 0 Å². The molecule has 0 saturated carbocycles. The van der Waals surface area contributed by atoms with Crippen molar-refractivity contribution in [3.8, 4) is 0 Å². The average Bonchev–Trinajstić information content (AvgIpc) is 2.89. The number of allylic oxidation sites excluding steroid dienone is 1. The predicted octanol–water partition coefficient (Wildman–Crippen LogP) is 3.23. The summed E-state index contributed by atoms with van der Waals surface area (Å²) in [5, 5.41) is 10.1. The highest BCUT2D eigenvalue weighted by Crippen LogP contribution is 2.28. The van der Waals surface area contributed by atoms with Crippen molar-refractivity contribution in [1.29, 1.82) is 0 Å². The molecular formula is C30H45N5O4. The van der Waals surface area contributed by atoms with Crippen LogP contribution < -0.4 is 21.4 Å². The van der Waals surface area contributed by atoms with Crippen LogP contribution in [0.5, 0.6) is 0 Å². The van der Waals surface area contributed by atoms with E-state index in [1.807, 2.05) is 39.0 Å². The van der Waals surface area contributed by atoms with Gasteiger partial charge in [0.2, 0.25) is 17.7 Å². The van der Waals surface area contributed by atoms with Gasteiger partial charge in [-0.15, -0.1) is 0 Å². The monoisotopic (exact) mass is 539 g/mol. The van der Waals surface area contributed by atoms with Crippen molar-refractivity contribution in [2.45, 2.75) is 97.8 Å². The second kappa shape index (κ2) is 13.2. The van der Waals surface area contributed by atoms with Crippen LogP contribution in [0, 0.1) is 11.3 Å². The number of hydrogen-bond donors (Lipinski definition) is 4. The minimum absolute atomic E-state index is 0.112. The van der Waals surface area contributed by atoms with Gasteiger partial charge < -0.3 is 16.0 Å². The van der Waals surface area contributed by atoms with Crippen LogP contribution in [0.1, 0.15) is 90.8 Å². The van der Waals surface area contributed by atoms with Gasteiger partial charge in [0.1, 0.15) is 18.1 Å². The lowest BCUT2D eigenvalue weighted by Gasteiger charge is -2.35. The average molecular weight is 540 g/mol. The lowest BCUT2D eigenvalue weighted by molar-refractivity contribution is -0.143. The van der Waals surface area contributed by atoms with Crippen molar-refractivity contribution in [2.75, 3.05) is 6.54 Å². The zero-order valence-corrected chi connectivity index (χ0v) is 24.2. The van der Waals surface area contributed by atoms with E-state index in [9.17, 15) is 19.2 Å². The Hall–Kier alpha value is -3.20. The number of rotatable bonds is 1. The van der Waals surface area contributed by atoms with Crippen LogP contribution in [0.2, 0.25) is 0 Å². The molecule has 1 saturated heterocycles. The molecule has 0 aromatic heterocycles. The first-order chi connectivity index (χ1) is 18.4. The fourth-order valence-corrected chi connectivity index (χ4v) is 4.91. The van der Waals surface area contributed by atoms with Crippen LogP contribution >= 0.6 is 0 Å². The van der Waals surface area contributed by atoms with Gasteiger partial charge in [-0.3, -0.25) is 24.2 Å². The zero-order chi connectivity index (χ0) is 28.7. The number of carbonyl (C=O) groups is 4. The number of nitrogens with zero attached hydrogens (tertiary/aromatic N) is 1. The van der Waals surface area contributed by atoms with Gasteiger partial charge in [0.05, 0.1) is 6.04 Å². The van der Waals surface area contributed by atoms with Crippen molar-refractivity contribution in [1.82, 2.24) is 26.4 Å². The van der Waals surface area contributed by atoms with Crippen LogP contribution in [-0.4, -0.2) is 53.3 Å². The Morgan fingerprint density at radius 3 is 2.41 bits per heavy atom. The molecule has 3 rings (SSSR count). The van der Waals surface area contributed by atoms with E-state index < -0.39 is 24.0 Å². The molecule has 0 aliphatic carbocycles. The van der Waals surface area contributed by atoms with Crippen LogP contribution in [-0.2, 0) is 19.2 Å². The summed E-state index contributed by atoms with van der Waals surface area (Å²) in [6, 6.07) is 5.71. The third kappa shape index (κ3) is 8.65. The maximum Gasteiger partial charge on any atom is 0.258 e. The Labute approximate surface area is 232 Å². The minimum atomic E-state index is -0.824. The SMILES string of the molecule is CC(C)C1NC(=O)CCC(C)(C)C/C=C/c2cccc(c2)[C@@H](C)NC(=O)[C@@H]2CCCN(N2)C(=O)[C@H](C)NC1=O. The van der Waals surface area contributed by atoms with E-state index in [1.165, 1.54) is 5.01 Å². The van der Waals surface area contributed by atoms with Crippen molar-refractivity contribution < 1.29 is 19.2 Å². The summed E-state index contributed by atoms with van der Waals surface area (Å²) in [6.45, 7) is 12.0. The molecule has 9 heteroatoms. The molecule has 0 spiro atoms. The molecule has 9 nitrogen and oxygen atoms in total. The zero-order valence-electron chi connectivity index (χ0n) is 24.2. The summed E-state index contributed by atoms with van der Waals surface area (Å²) < 4.78 is 0. The summed E-state index contributed by atoms with van der Waals surface area (Å²) in [5.41, 5.74) is 4.97. The van der Waals surface area contributed by atoms with Crippen molar-refractivity contribution in [2.24, 2.45) is 11.3 Å². The molecule has 2 aliphatic heterocycles. The highest BCUT2D eigenvalue weighted by Gasteiger charge is 2.33. The number of hydrazine groups is 1. The highest BCUT2D eigenvalue weighted by molar-refractivity contribution is 5.92. The highest BCUT2D eigenvalue weighted by atomic mass is 16.2. The Kier molecular flexibility index (Phi) is 10.3. The Bertz CT molecular complexity index is 1080. The molecular weight excluding hydrogens is 494 g/mol. The maximum atomic E-state index is 13.2. The van der Waals surface area contributed by atoms with Gasteiger partial charge in [0, 0.05) is 13.0 Å². The predicted molar refractivity (Wildman–Crippen MR) is 152 cm³/mol. The topological polar surface area (TPSA) is 120 Å². The van der Waals surface area contributed by atoms with Gasteiger partial charge in [0.25, 0.3) is 5.91 Å². The van der Waals surface area contributed by atoms with Gasteiger partial charge in [0.15, 0.2) is 0 Å². The van der Waals surface area contributed by atoms with E-state index in [-0.39, 0.29) is 35.1 Å². The summed E-state index contributed by atoms with van der Waals surface area (Å²) in [4.78, 5) is 52.2. The van der Waals surface area contributed by atoms with Gasteiger partial charge in [-0.1, -0.05) is 58.0 Å². The van der Waals surface area contributed by atoms with Gasteiger partial charge in [-0.25, -0.2) is 5.43 Å². The number of hydrogen-bond acceptors (Lipinski definition) is 5. The number of fused-ring (bicyclic) bond motifs is 4. The first-order valence-electron chi connectivity index (χ1n) is 14.1. The quantitative estimate of drug-likeness (QED) is 0.437. The van der Waals surface area contributed by atoms with Gasteiger partial charge >= 0.3 is 0 Å². The molecule has 4 atom stereocenters. The van der Waals surface area contributed by atoms with Gasteiger partial charge in [-0.05, 0) is 68.1 Å². The van der Waals surface area contributed by atoms with Gasteiger partial charge in [-0.2, -0.15) is 0 Å². The minimum Gasteiger partial charge on any atom is -0.348 e. The Morgan fingerprint density at radius 1 is 0.974 bits per heavy atom. The fraction of sp³-hybridized carbons (Fsp3) is 0.600. The van der Waals surface area contributed by atoms with Crippen molar-refractivity contribution in [3.05, 3.63) is 41.5 Å². The van der Waals surface area contributed by atoms with E-state index >= 15 is 0 Å². The van der Waals surface area contributed by atoms with Crippen LogP contribution in [0.25, 0.3) is 6.08 Å². The fourth-order valence-electron chi connectivity index (χ4n) is 4.91. The molecule has 214 valence electrons. The third-order valence-corrected chi connectivity index (χ3v) is 7.54. The number of amides is 4. The molecule has 39 heavy (non-hydrogen) atoms. The van der Waals surface area contributed by atoms with Crippen LogP contribution in [0.15, 0.2) is 30.3 Å².